The lowest BCUT2D eigenvalue weighted by atomic mass is 10.2. The zero-order valence-corrected chi connectivity index (χ0v) is 8.62. The maximum atomic E-state index is 11.5. The van der Waals surface area contributed by atoms with E-state index in [1.807, 2.05) is 0 Å². The highest BCUT2D eigenvalue weighted by Gasteiger charge is 2.11. The first-order valence-electron chi connectivity index (χ1n) is 4.63. The van der Waals surface area contributed by atoms with Gasteiger partial charge >= 0.3 is 5.97 Å². The predicted octanol–water partition coefficient (Wildman–Crippen LogP) is 1.53. The van der Waals surface area contributed by atoms with Gasteiger partial charge in [-0.1, -0.05) is 5.16 Å². The first kappa shape index (κ1) is 10.2. The Balaban J connectivity index is 2.68. The highest BCUT2D eigenvalue weighted by Crippen LogP contribution is 2.15. The summed E-state index contributed by atoms with van der Waals surface area (Å²) in [6.45, 7) is 0. The van der Waals surface area contributed by atoms with Gasteiger partial charge in [0.15, 0.2) is 0 Å². The topological polar surface area (TPSA) is 63.3 Å². The minimum atomic E-state index is -0.392. The number of pyridine rings is 1. The third-order valence-corrected chi connectivity index (χ3v) is 2.32. The Morgan fingerprint density at radius 1 is 1.50 bits per heavy atom. The number of carbonyl (C=O) groups is 1. The maximum Gasteiger partial charge on any atom is 0.339 e. The molecular weight excluding hydrogens is 208 g/mol. The van der Waals surface area contributed by atoms with Crippen LogP contribution in [0.15, 0.2) is 35.6 Å². The van der Waals surface area contributed by atoms with Crippen LogP contribution in [0.25, 0.3) is 5.52 Å². The summed E-state index contributed by atoms with van der Waals surface area (Å²) in [5.74, 6) is -0.392. The number of hydrogen-bond acceptors (Lipinski definition) is 4. The second-order valence-electron chi connectivity index (χ2n) is 3.17. The Morgan fingerprint density at radius 3 is 3.00 bits per heavy atom. The highest BCUT2D eigenvalue weighted by molar-refractivity contribution is 5.98. The second kappa shape index (κ2) is 4.06. The molecular formula is C11H10N2O3. The van der Waals surface area contributed by atoms with Crippen molar-refractivity contribution in [1.29, 1.82) is 0 Å². The minimum absolute atomic E-state index is 0.392. The Labute approximate surface area is 91.6 Å². The van der Waals surface area contributed by atoms with E-state index in [0.717, 1.165) is 0 Å². The average molecular weight is 218 g/mol. The number of hydrogen-bond donors (Lipinski definition) is 1. The molecule has 0 radical (unpaired) electrons. The van der Waals surface area contributed by atoms with Crippen molar-refractivity contribution in [3.8, 4) is 0 Å². The number of esters is 1. The molecule has 0 aliphatic heterocycles. The molecule has 0 saturated heterocycles. The molecule has 0 aliphatic rings. The van der Waals surface area contributed by atoms with E-state index >= 15 is 0 Å². The molecule has 2 rings (SSSR count). The van der Waals surface area contributed by atoms with Crippen molar-refractivity contribution in [2.75, 3.05) is 7.11 Å². The lowest BCUT2D eigenvalue weighted by molar-refractivity contribution is 0.0602. The standard InChI is InChI=1S/C11H10N2O3/c1-16-11(14)9-5-4-8(7-12-15)13-6-2-3-10(9)13/h2-7,15H,1H3/b12-7+. The van der Waals surface area contributed by atoms with Crippen molar-refractivity contribution < 1.29 is 14.7 Å². The molecule has 5 heteroatoms. The van der Waals surface area contributed by atoms with Crippen LogP contribution in [0.4, 0.5) is 0 Å². The molecule has 0 bridgehead atoms. The third-order valence-electron chi connectivity index (χ3n) is 2.32. The molecule has 0 fully saturated rings. The van der Waals surface area contributed by atoms with E-state index in [1.165, 1.54) is 13.3 Å². The van der Waals surface area contributed by atoms with Crippen molar-refractivity contribution in [1.82, 2.24) is 4.40 Å². The van der Waals surface area contributed by atoms with Crippen molar-refractivity contribution in [2.45, 2.75) is 0 Å². The summed E-state index contributed by atoms with van der Waals surface area (Å²) in [5, 5.41) is 11.5. The second-order valence-corrected chi connectivity index (χ2v) is 3.17. The molecule has 0 aromatic carbocycles. The highest BCUT2D eigenvalue weighted by atomic mass is 16.5. The van der Waals surface area contributed by atoms with E-state index in [2.05, 4.69) is 9.89 Å². The van der Waals surface area contributed by atoms with Gasteiger partial charge in [0.25, 0.3) is 0 Å². The van der Waals surface area contributed by atoms with Gasteiger partial charge in [0.1, 0.15) is 0 Å². The van der Waals surface area contributed by atoms with E-state index in [9.17, 15) is 4.79 Å². The SMILES string of the molecule is COC(=O)c1ccc(/C=N/O)n2cccc12. The fraction of sp³-hybridized carbons (Fsp3) is 0.0909. The molecule has 0 amide bonds. The van der Waals surface area contributed by atoms with E-state index in [1.54, 1.807) is 34.9 Å². The number of methoxy groups -OCH3 is 1. The van der Waals surface area contributed by atoms with Crippen molar-refractivity contribution >= 4 is 17.7 Å². The van der Waals surface area contributed by atoms with Gasteiger partial charge in [-0.25, -0.2) is 4.79 Å². The predicted molar refractivity (Wildman–Crippen MR) is 58.1 cm³/mol. The van der Waals surface area contributed by atoms with Crippen molar-refractivity contribution in [3.05, 3.63) is 41.7 Å². The number of ether oxygens (including phenoxy) is 1. The third kappa shape index (κ3) is 1.52. The largest absolute Gasteiger partial charge is 0.465 e. The number of fused-ring (bicyclic) bond motifs is 1. The van der Waals surface area contributed by atoms with E-state index in [-0.39, 0.29) is 0 Å². The smallest absolute Gasteiger partial charge is 0.339 e. The lowest BCUT2D eigenvalue weighted by Crippen LogP contribution is -2.05. The fourth-order valence-electron chi connectivity index (χ4n) is 1.61. The zero-order chi connectivity index (χ0) is 11.5. The molecule has 82 valence electrons. The molecule has 0 spiro atoms. The number of carbonyl (C=O) groups excluding carboxylic acids is 1. The van der Waals surface area contributed by atoms with Gasteiger partial charge in [0.2, 0.25) is 0 Å². The summed E-state index contributed by atoms with van der Waals surface area (Å²) in [5.41, 5.74) is 1.86. The Morgan fingerprint density at radius 2 is 2.31 bits per heavy atom. The molecule has 16 heavy (non-hydrogen) atoms. The molecule has 0 atom stereocenters. The molecule has 0 unspecified atom stereocenters. The minimum Gasteiger partial charge on any atom is -0.465 e. The molecule has 2 aromatic rings. The molecule has 2 heterocycles. The average Bonchev–Trinajstić information content (AvgIpc) is 2.78. The number of oxime groups is 1. The normalized spacial score (nSPS) is 11.1. The Kier molecular flexibility index (Phi) is 2.59. The molecule has 2 aromatic heterocycles. The van der Waals surface area contributed by atoms with Crippen LogP contribution in [-0.4, -0.2) is 28.9 Å². The van der Waals surface area contributed by atoms with Gasteiger partial charge < -0.3 is 14.3 Å². The van der Waals surface area contributed by atoms with E-state index < -0.39 is 5.97 Å². The van der Waals surface area contributed by atoms with Crippen molar-refractivity contribution in [3.63, 3.8) is 0 Å². The lowest BCUT2D eigenvalue weighted by Gasteiger charge is -2.05. The summed E-state index contributed by atoms with van der Waals surface area (Å²) in [6.07, 6.45) is 3.08. The van der Waals surface area contributed by atoms with Gasteiger partial charge in [0.05, 0.1) is 30.1 Å². The van der Waals surface area contributed by atoms with Crippen LogP contribution in [0.2, 0.25) is 0 Å². The number of aromatic nitrogens is 1. The Hall–Kier alpha value is -2.30. The Bertz CT molecular complexity index is 557. The summed E-state index contributed by atoms with van der Waals surface area (Å²) in [4.78, 5) is 11.5. The maximum absolute atomic E-state index is 11.5. The van der Waals surface area contributed by atoms with Gasteiger partial charge in [-0.2, -0.15) is 0 Å². The summed E-state index contributed by atoms with van der Waals surface area (Å²) in [6, 6.07) is 6.91. The van der Waals surface area contributed by atoms with Crippen LogP contribution >= 0.6 is 0 Å². The fourth-order valence-corrected chi connectivity index (χ4v) is 1.61. The quantitative estimate of drug-likeness (QED) is 0.360. The van der Waals surface area contributed by atoms with Crippen molar-refractivity contribution in [2.24, 2.45) is 5.16 Å². The van der Waals surface area contributed by atoms with E-state index in [4.69, 9.17) is 5.21 Å². The van der Waals surface area contributed by atoms with Gasteiger partial charge in [-0.3, -0.25) is 0 Å². The summed E-state index contributed by atoms with van der Waals surface area (Å²) >= 11 is 0. The summed E-state index contributed by atoms with van der Waals surface area (Å²) in [7, 11) is 1.34. The molecule has 1 N–H and O–H groups in total. The summed E-state index contributed by atoms with van der Waals surface area (Å²) < 4.78 is 6.42. The number of nitrogens with zero attached hydrogens (tertiary/aromatic N) is 2. The first-order valence-corrected chi connectivity index (χ1v) is 4.63. The van der Waals surface area contributed by atoms with Crippen LogP contribution in [0, 0.1) is 0 Å². The monoisotopic (exact) mass is 218 g/mol. The van der Waals surface area contributed by atoms with Crippen LogP contribution in [0.5, 0.6) is 0 Å². The molecule has 0 saturated carbocycles. The van der Waals surface area contributed by atoms with Gasteiger partial charge in [-0.05, 0) is 24.3 Å². The zero-order valence-electron chi connectivity index (χ0n) is 8.62. The van der Waals surface area contributed by atoms with Gasteiger partial charge in [0, 0.05) is 6.20 Å². The molecule has 5 nitrogen and oxygen atoms in total. The molecule has 0 aliphatic carbocycles. The van der Waals surface area contributed by atoms with Crippen LogP contribution < -0.4 is 0 Å². The van der Waals surface area contributed by atoms with E-state index in [0.29, 0.717) is 16.8 Å². The van der Waals surface area contributed by atoms with Crippen LogP contribution in [0.3, 0.4) is 0 Å². The van der Waals surface area contributed by atoms with Crippen LogP contribution in [-0.2, 0) is 4.74 Å². The van der Waals surface area contributed by atoms with Crippen LogP contribution in [0.1, 0.15) is 16.1 Å². The first-order chi connectivity index (χ1) is 7.77. The van der Waals surface area contributed by atoms with Gasteiger partial charge in [-0.15, -0.1) is 0 Å². The number of rotatable bonds is 2.